The maximum Gasteiger partial charge on any atom is 0.340 e. The summed E-state index contributed by atoms with van der Waals surface area (Å²) >= 11 is 0. The molecule has 4 heteroatoms. The number of aliphatic hydroxyl groups is 1. The van der Waals surface area contributed by atoms with Crippen LogP contribution in [-0.2, 0) is 4.74 Å². The second-order valence-corrected chi connectivity index (χ2v) is 5.80. The highest BCUT2D eigenvalue weighted by atomic mass is 16.7. The van der Waals surface area contributed by atoms with Crippen LogP contribution in [0.2, 0.25) is 0 Å². The number of fused-ring (bicyclic) bond motifs is 1. The highest BCUT2D eigenvalue weighted by Gasteiger charge is 2.48. The van der Waals surface area contributed by atoms with Crippen LogP contribution in [0.25, 0.3) is 0 Å². The van der Waals surface area contributed by atoms with Gasteiger partial charge in [-0.2, -0.15) is 0 Å². The van der Waals surface area contributed by atoms with E-state index in [1.807, 2.05) is 6.07 Å². The summed E-state index contributed by atoms with van der Waals surface area (Å²) in [6, 6.07) is 9.15. The standard InChI is InChI=1S/C16H21NO3/c18-15(12-6-2-1-3-7-12)20-16(19)10-11-17-14-9-5-4-8-13(14)16/h1-3,6-7,13-14,17,19H,4-5,8-11H2/t13-,14-,16+/m0/s1. The van der Waals surface area contributed by atoms with Crippen molar-refractivity contribution in [2.75, 3.05) is 6.54 Å². The molecule has 1 saturated heterocycles. The van der Waals surface area contributed by atoms with Gasteiger partial charge in [-0.25, -0.2) is 4.79 Å². The highest BCUT2D eigenvalue weighted by Crippen LogP contribution is 2.38. The molecule has 0 spiro atoms. The molecule has 2 fully saturated rings. The van der Waals surface area contributed by atoms with E-state index >= 15 is 0 Å². The molecule has 4 nitrogen and oxygen atoms in total. The van der Waals surface area contributed by atoms with Gasteiger partial charge in [-0.1, -0.05) is 31.0 Å². The van der Waals surface area contributed by atoms with Crippen molar-refractivity contribution in [2.24, 2.45) is 5.92 Å². The van der Waals surface area contributed by atoms with Crippen LogP contribution in [0.15, 0.2) is 30.3 Å². The van der Waals surface area contributed by atoms with Crippen molar-refractivity contribution in [3.05, 3.63) is 35.9 Å². The first-order valence-corrected chi connectivity index (χ1v) is 7.43. The number of rotatable bonds is 2. The van der Waals surface area contributed by atoms with E-state index in [1.165, 1.54) is 6.42 Å². The molecule has 0 amide bonds. The molecule has 0 bridgehead atoms. The molecule has 1 aliphatic heterocycles. The highest BCUT2D eigenvalue weighted by molar-refractivity contribution is 5.89. The lowest BCUT2D eigenvalue weighted by Gasteiger charge is -2.46. The number of carbonyl (C=O) groups excluding carboxylic acids is 1. The molecule has 0 radical (unpaired) electrons. The quantitative estimate of drug-likeness (QED) is 0.641. The first-order valence-electron chi connectivity index (χ1n) is 7.43. The molecule has 1 aromatic rings. The SMILES string of the molecule is O=C(O[C@]1(O)CCN[C@H]2CCCC[C@@H]21)c1ccccc1. The molecular weight excluding hydrogens is 254 g/mol. The predicted molar refractivity (Wildman–Crippen MR) is 75.2 cm³/mol. The van der Waals surface area contributed by atoms with Gasteiger partial charge in [0.1, 0.15) is 0 Å². The van der Waals surface area contributed by atoms with Gasteiger partial charge >= 0.3 is 5.97 Å². The third-order valence-corrected chi connectivity index (χ3v) is 4.51. The minimum Gasteiger partial charge on any atom is -0.429 e. The molecule has 108 valence electrons. The van der Waals surface area contributed by atoms with Crippen LogP contribution in [0.1, 0.15) is 42.5 Å². The monoisotopic (exact) mass is 275 g/mol. The minimum atomic E-state index is -1.32. The fraction of sp³-hybridized carbons (Fsp3) is 0.562. The molecule has 3 rings (SSSR count). The van der Waals surface area contributed by atoms with E-state index in [-0.39, 0.29) is 12.0 Å². The Kier molecular flexibility index (Phi) is 3.76. The van der Waals surface area contributed by atoms with Gasteiger partial charge in [0.15, 0.2) is 0 Å². The molecule has 1 aliphatic carbocycles. The van der Waals surface area contributed by atoms with E-state index in [2.05, 4.69) is 5.32 Å². The second kappa shape index (κ2) is 5.54. The minimum absolute atomic E-state index is 0.0117. The van der Waals surface area contributed by atoms with Crippen LogP contribution in [0.5, 0.6) is 0 Å². The van der Waals surface area contributed by atoms with E-state index in [9.17, 15) is 9.90 Å². The van der Waals surface area contributed by atoms with E-state index in [0.29, 0.717) is 18.5 Å². The Balaban J connectivity index is 1.75. The number of esters is 1. The predicted octanol–water partition coefficient (Wildman–Crippen LogP) is 2.08. The molecule has 1 heterocycles. The fourth-order valence-electron chi connectivity index (χ4n) is 3.46. The third kappa shape index (κ3) is 2.58. The van der Waals surface area contributed by atoms with Gasteiger partial charge in [-0.05, 0) is 25.0 Å². The summed E-state index contributed by atoms with van der Waals surface area (Å²) in [5.41, 5.74) is 0.492. The van der Waals surface area contributed by atoms with Crippen LogP contribution < -0.4 is 5.32 Å². The zero-order valence-corrected chi connectivity index (χ0v) is 11.5. The van der Waals surface area contributed by atoms with Crippen molar-refractivity contribution in [3.8, 4) is 0 Å². The number of piperidine rings is 1. The lowest BCUT2D eigenvalue weighted by molar-refractivity contribution is -0.227. The first kappa shape index (κ1) is 13.6. The van der Waals surface area contributed by atoms with Gasteiger partial charge in [0.05, 0.1) is 5.56 Å². The molecule has 2 N–H and O–H groups in total. The Morgan fingerprint density at radius 2 is 2.00 bits per heavy atom. The average molecular weight is 275 g/mol. The zero-order valence-electron chi connectivity index (χ0n) is 11.5. The van der Waals surface area contributed by atoms with E-state index < -0.39 is 11.8 Å². The summed E-state index contributed by atoms with van der Waals surface area (Å²) < 4.78 is 5.51. The maximum absolute atomic E-state index is 12.2. The Labute approximate surface area is 119 Å². The van der Waals surface area contributed by atoms with Gasteiger partial charge in [0.2, 0.25) is 5.79 Å². The Bertz CT molecular complexity index is 474. The molecule has 1 aromatic carbocycles. The van der Waals surface area contributed by atoms with Gasteiger partial charge in [-0.15, -0.1) is 0 Å². The summed E-state index contributed by atoms with van der Waals surface area (Å²) in [6.45, 7) is 0.694. The van der Waals surface area contributed by atoms with Crippen molar-refractivity contribution in [3.63, 3.8) is 0 Å². The van der Waals surface area contributed by atoms with Crippen LogP contribution in [-0.4, -0.2) is 29.4 Å². The molecule has 0 aromatic heterocycles. The van der Waals surface area contributed by atoms with Crippen molar-refractivity contribution in [1.82, 2.24) is 5.32 Å². The number of benzene rings is 1. The number of nitrogens with one attached hydrogen (secondary N) is 1. The van der Waals surface area contributed by atoms with Gasteiger partial charge in [-0.3, -0.25) is 0 Å². The van der Waals surface area contributed by atoms with Crippen molar-refractivity contribution < 1.29 is 14.6 Å². The van der Waals surface area contributed by atoms with E-state index in [1.54, 1.807) is 24.3 Å². The third-order valence-electron chi connectivity index (χ3n) is 4.51. The van der Waals surface area contributed by atoms with Crippen LogP contribution in [0.3, 0.4) is 0 Å². The second-order valence-electron chi connectivity index (χ2n) is 5.80. The van der Waals surface area contributed by atoms with Crippen molar-refractivity contribution >= 4 is 5.97 Å². The van der Waals surface area contributed by atoms with E-state index in [4.69, 9.17) is 4.74 Å². The fourth-order valence-corrected chi connectivity index (χ4v) is 3.46. The summed E-state index contributed by atoms with van der Waals surface area (Å²) in [4.78, 5) is 12.2. The number of ether oxygens (including phenoxy) is 1. The van der Waals surface area contributed by atoms with Crippen LogP contribution >= 0.6 is 0 Å². The number of hydrogen-bond donors (Lipinski definition) is 2. The van der Waals surface area contributed by atoms with Crippen LogP contribution in [0.4, 0.5) is 0 Å². The lowest BCUT2D eigenvalue weighted by Crippen LogP contribution is -2.59. The Hall–Kier alpha value is -1.39. The van der Waals surface area contributed by atoms with Gasteiger partial charge in [0.25, 0.3) is 0 Å². The van der Waals surface area contributed by atoms with Crippen molar-refractivity contribution in [2.45, 2.75) is 43.9 Å². The largest absolute Gasteiger partial charge is 0.429 e. The average Bonchev–Trinajstić information content (AvgIpc) is 2.48. The van der Waals surface area contributed by atoms with Crippen molar-refractivity contribution in [1.29, 1.82) is 0 Å². The maximum atomic E-state index is 12.2. The summed E-state index contributed by atoms with van der Waals surface area (Å²) in [7, 11) is 0. The first-order chi connectivity index (χ1) is 9.69. The topological polar surface area (TPSA) is 58.6 Å². The van der Waals surface area contributed by atoms with Gasteiger partial charge in [0, 0.05) is 24.9 Å². The Morgan fingerprint density at radius 1 is 1.25 bits per heavy atom. The van der Waals surface area contributed by atoms with Crippen LogP contribution in [0, 0.1) is 5.92 Å². The number of hydrogen-bond acceptors (Lipinski definition) is 4. The molecule has 3 atom stereocenters. The molecule has 1 saturated carbocycles. The summed E-state index contributed by atoms with van der Waals surface area (Å²) in [6.07, 6.45) is 4.70. The molecule has 2 aliphatic rings. The normalized spacial score (nSPS) is 33.2. The van der Waals surface area contributed by atoms with E-state index in [0.717, 1.165) is 19.3 Å². The summed E-state index contributed by atoms with van der Waals surface area (Å²) in [5, 5.41) is 14.3. The molecular formula is C16H21NO3. The Morgan fingerprint density at radius 3 is 2.80 bits per heavy atom. The number of carbonyl (C=O) groups is 1. The lowest BCUT2D eigenvalue weighted by atomic mass is 9.75. The smallest absolute Gasteiger partial charge is 0.340 e. The van der Waals surface area contributed by atoms with Gasteiger partial charge < -0.3 is 15.2 Å². The molecule has 20 heavy (non-hydrogen) atoms. The zero-order chi connectivity index (χ0) is 14.0. The summed E-state index contributed by atoms with van der Waals surface area (Å²) in [5.74, 6) is -1.74. The molecule has 0 unspecified atom stereocenters.